The second kappa shape index (κ2) is 23.6. The number of aliphatic hydroxyl groups is 13. The third kappa shape index (κ3) is 10.4. The van der Waals surface area contributed by atoms with Crippen molar-refractivity contribution in [3.8, 4) is 0 Å². The average molecular weight is 1190 g/mol. The zero-order valence-corrected chi connectivity index (χ0v) is 48.1. The Bertz CT molecular complexity index is 2420. The number of carbonyl (C=O) groups excluding carboxylic acids is 2. The first-order valence-corrected chi connectivity index (χ1v) is 29.0. The van der Waals surface area contributed by atoms with E-state index in [1.165, 1.54) is 0 Å². The Morgan fingerprint density at radius 3 is 1.94 bits per heavy atom. The molecule has 472 valence electrons. The Balaban J connectivity index is 1.04. The zero-order chi connectivity index (χ0) is 61.0. The van der Waals surface area contributed by atoms with E-state index in [0.29, 0.717) is 37.7 Å². The predicted octanol–water partition coefficient (Wildman–Crippen LogP) is -2.58. The molecule has 0 aromatic carbocycles. The van der Waals surface area contributed by atoms with E-state index in [4.69, 9.17) is 42.6 Å². The van der Waals surface area contributed by atoms with Crippen molar-refractivity contribution in [2.75, 3.05) is 26.4 Å². The first-order chi connectivity index (χ1) is 38.9. The highest BCUT2D eigenvalue weighted by Gasteiger charge is 2.73. The lowest BCUT2D eigenvalue weighted by Gasteiger charge is -2.72. The third-order valence-corrected chi connectivity index (χ3v) is 21.9. The van der Waals surface area contributed by atoms with Gasteiger partial charge in [0, 0.05) is 11.0 Å². The number of aldehydes is 1. The lowest BCUT2D eigenvalue weighted by molar-refractivity contribution is -0.398. The Labute approximate surface area is 480 Å². The van der Waals surface area contributed by atoms with E-state index in [2.05, 4.69) is 26.8 Å². The topological polar surface area (TPSA) is 418 Å². The van der Waals surface area contributed by atoms with Crippen molar-refractivity contribution >= 4 is 18.2 Å². The minimum atomic E-state index is -2.27. The number of rotatable bonds is 14. The van der Waals surface area contributed by atoms with E-state index >= 15 is 0 Å². The van der Waals surface area contributed by atoms with Crippen LogP contribution in [-0.4, -0.2) is 251 Å². The van der Waals surface area contributed by atoms with Gasteiger partial charge in [-0.1, -0.05) is 59.3 Å². The van der Waals surface area contributed by atoms with Gasteiger partial charge in [0.05, 0.1) is 49.5 Å². The smallest absolute Gasteiger partial charge is 0.335 e. The Morgan fingerprint density at radius 2 is 1.31 bits per heavy atom. The summed E-state index contributed by atoms with van der Waals surface area (Å²) in [5.41, 5.74) is -4.21. The maximum atomic E-state index is 14.1. The van der Waals surface area contributed by atoms with E-state index in [0.717, 1.165) is 11.9 Å². The first kappa shape index (κ1) is 64.7. The lowest BCUT2D eigenvalue weighted by atomic mass is 9.33. The third-order valence-electron chi connectivity index (χ3n) is 21.9. The molecule has 4 aliphatic heterocycles. The maximum Gasteiger partial charge on any atom is 0.335 e. The molecule has 8 fully saturated rings. The number of aliphatic carboxylic acids is 1. The number of hydrogen-bond donors (Lipinski definition) is 14. The summed E-state index contributed by atoms with van der Waals surface area (Å²) in [6.07, 6.45) is -32.2. The minimum absolute atomic E-state index is 0.128. The molecule has 14 N–H and O–H groups in total. The minimum Gasteiger partial charge on any atom is -0.479 e. The number of fused-ring (bicyclic) bond motifs is 7. The van der Waals surface area contributed by atoms with Crippen LogP contribution in [0.1, 0.15) is 100 Å². The number of carbonyl (C=O) groups is 3. The van der Waals surface area contributed by atoms with Gasteiger partial charge in [0.15, 0.2) is 31.3 Å². The number of esters is 1. The predicted molar refractivity (Wildman–Crippen MR) is 279 cm³/mol. The van der Waals surface area contributed by atoms with Crippen LogP contribution in [0, 0.1) is 50.2 Å². The van der Waals surface area contributed by atoms with E-state index in [1.54, 1.807) is 26.8 Å². The van der Waals surface area contributed by atoms with Crippen LogP contribution in [0.2, 0.25) is 0 Å². The summed E-state index contributed by atoms with van der Waals surface area (Å²) in [4.78, 5) is 40.4. The van der Waals surface area contributed by atoms with E-state index in [1.807, 2.05) is 13.8 Å². The summed E-state index contributed by atoms with van der Waals surface area (Å²) < 4.78 is 54.1. The van der Waals surface area contributed by atoms with Gasteiger partial charge in [-0.05, 0) is 92.8 Å². The number of carboxylic acids is 1. The number of ether oxygens (including phenoxy) is 9. The Kier molecular flexibility index (Phi) is 18.4. The molecule has 4 saturated carbocycles. The van der Waals surface area contributed by atoms with Crippen LogP contribution < -0.4 is 0 Å². The number of hydrogen-bond acceptors (Lipinski definition) is 25. The molecule has 0 spiro atoms. The first-order valence-electron chi connectivity index (χ1n) is 29.0. The maximum absolute atomic E-state index is 14.1. The van der Waals surface area contributed by atoms with Crippen LogP contribution in [0.15, 0.2) is 23.3 Å². The standard InChI is InChI=1S/C57H88O26/c1-9-23(2)47(74)83-45-44(71)57(22-60)25(16-52(45,3)4)24-10-11-30-53(5)14-13-32(54(6,21-59)29(53)12-15-55(30,7)56(24,8)17-31(57)63)78-51-43(82-49-38(69)36(67)35(66)28(18-58)77-49)40(39(70)41(80-51)46(72)73)79-50-42(34(65)27(62)20-76-50)81-48-37(68)33(64)26(61)19-75-48/h9-10,21,25-45,48-51,58,60-71H,11-20,22H2,1-8H3,(H,72,73)/b23-9-/t25-,26+,27-,28+,29+,30+,31+,32-,33-,34-,35-,36-,37+,38+,39-,40-,41-,42+,43+,44-,45-,48-,49-,50-,51+,53-,54-,55+,56+,57-/m0/s1. The van der Waals surface area contributed by atoms with Crippen molar-refractivity contribution in [2.24, 2.45) is 50.2 Å². The SMILES string of the molecule is C/C=C(/C)C(=O)O[C@H]1[C@H](O)[C@]2(CO)[C@H](O)C[C@]3(C)C(=CC[C@@H]4[C@@]5(C)CC[C@H](O[C@@H]6O[C@H](C(=O)O)[C@@H](O)[C@H](O[C@@H]7OC[C@H](O)[C@H](O)[C@H]7O[C@@H]7OC[C@@H](O)[C@H](O)[C@H]7O)[C@H]6O[C@@H]6O[C@H](CO)[C@H](O)[C@H](O)[C@H]6O)[C@@](C)(C=O)[C@@H]5CC[C@]43C)[C@@H]2CC1(C)C. The van der Waals surface area contributed by atoms with E-state index in [9.17, 15) is 85.9 Å². The van der Waals surface area contributed by atoms with Gasteiger partial charge in [-0.25, -0.2) is 9.59 Å². The van der Waals surface area contributed by atoms with Gasteiger partial charge in [-0.3, -0.25) is 0 Å². The molecular formula is C57H88O26. The molecule has 30 atom stereocenters. The summed E-state index contributed by atoms with van der Waals surface area (Å²) in [6.45, 7) is 12.7. The molecule has 0 radical (unpaired) electrons. The summed E-state index contributed by atoms with van der Waals surface area (Å²) in [7, 11) is 0. The molecule has 0 amide bonds. The van der Waals surface area contributed by atoms with Gasteiger partial charge in [-0.2, -0.15) is 0 Å². The Morgan fingerprint density at radius 1 is 0.687 bits per heavy atom. The van der Waals surface area contributed by atoms with Crippen LogP contribution in [-0.2, 0) is 57.0 Å². The molecule has 83 heavy (non-hydrogen) atoms. The molecule has 0 unspecified atom stereocenters. The molecular weight excluding hydrogens is 1100 g/mol. The molecule has 9 aliphatic rings. The normalized spacial score (nSPS) is 52.6. The van der Waals surface area contributed by atoms with Gasteiger partial charge in [0.25, 0.3) is 0 Å². The molecule has 5 aliphatic carbocycles. The number of aliphatic hydroxyl groups excluding tert-OH is 13. The van der Waals surface area contributed by atoms with Gasteiger partial charge in [0.2, 0.25) is 0 Å². The molecule has 4 saturated heterocycles. The fourth-order valence-electron chi connectivity index (χ4n) is 16.7. The molecule has 26 heteroatoms. The van der Waals surface area contributed by atoms with Crippen LogP contribution in [0.3, 0.4) is 0 Å². The number of carboxylic acid groups (broad SMARTS) is 1. The van der Waals surface area contributed by atoms with Crippen molar-refractivity contribution < 1.29 is 129 Å². The molecule has 0 aromatic heterocycles. The lowest BCUT2D eigenvalue weighted by Crippen LogP contribution is -2.72. The van der Waals surface area contributed by atoms with Gasteiger partial charge < -0.3 is 119 Å². The molecule has 26 nitrogen and oxygen atoms in total. The Hall–Kier alpha value is -2.75. The van der Waals surface area contributed by atoms with Crippen molar-refractivity contribution in [2.45, 2.75) is 235 Å². The van der Waals surface area contributed by atoms with Crippen molar-refractivity contribution in [1.29, 1.82) is 0 Å². The van der Waals surface area contributed by atoms with Crippen LogP contribution in [0.4, 0.5) is 0 Å². The highest BCUT2D eigenvalue weighted by atomic mass is 16.8. The molecule has 4 heterocycles. The second-order valence-electron chi connectivity index (χ2n) is 26.7. The highest BCUT2D eigenvalue weighted by Crippen LogP contribution is 2.76. The van der Waals surface area contributed by atoms with Crippen LogP contribution in [0.5, 0.6) is 0 Å². The summed E-state index contributed by atoms with van der Waals surface area (Å²) >= 11 is 0. The quantitative estimate of drug-likeness (QED) is 0.0279. The fourth-order valence-corrected chi connectivity index (χ4v) is 16.7. The fraction of sp³-hybridized carbons (Fsp3) is 0.877. The van der Waals surface area contributed by atoms with Crippen LogP contribution in [0.25, 0.3) is 0 Å². The monoisotopic (exact) mass is 1190 g/mol. The second-order valence-corrected chi connectivity index (χ2v) is 26.7. The van der Waals surface area contributed by atoms with Crippen LogP contribution >= 0.6 is 0 Å². The highest BCUT2D eigenvalue weighted by molar-refractivity contribution is 5.87. The zero-order valence-electron chi connectivity index (χ0n) is 48.1. The number of allylic oxidation sites excluding steroid dienone is 3. The van der Waals surface area contributed by atoms with Crippen molar-refractivity contribution in [1.82, 2.24) is 0 Å². The molecule has 0 bridgehead atoms. The molecule has 9 rings (SSSR count). The van der Waals surface area contributed by atoms with Crippen molar-refractivity contribution in [3.63, 3.8) is 0 Å². The summed E-state index contributed by atoms with van der Waals surface area (Å²) in [5, 5.41) is 155. The summed E-state index contributed by atoms with van der Waals surface area (Å²) in [6, 6.07) is 0. The van der Waals surface area contributed by atoms with Gasteiger partial charge >= 0.3 is 11.9 Å². The summed E-state index contributed by atoms with van der Waals surface area (Å²) in [5.74, 6) is -3.45. The van der Waals surface area contributed by atoms with Gasteiger partial charge in [0.1, 0.15) is 97.8 Å². The average Bonchev–Trinajstić information content (AvgIpc) is 0.730. The van der Waals surface area contributed by atoms with Gasteiger partial charge in [-0.15, -0.1) is 0 Å². The largest absolute Gasteiger partial charge is 0.479 e. The van der Waals surface area contributed by atoms with E-state index < -0.39 is 218 Å². The molecule has 0 aromatic rings. The van der Waals surface area contributed by atoms with E-state index in [-0.39, 0.29) is 18.8 Å². The van der Waals surface area contributed by atoms with Crippen molar-refractivity contribution in [3.05, 3.63) is 23.3 Å².